The van der Waals surface area contributed by atoms with Gasteiger partial charge in [0.15, 0.2) is 23.4 Å². The Labute approximate surface area is 102 Å². The molecule has 1 aliphatic heterocycles. The van der Waals surface area contributed by atoms with Crippen LogP contribution >= 0.6 is 0 Å². The van der Waals surface area contributed by atoms with Crippen LogP contribution in [-0.4, -0.2) is 21.6 Å². The molecule has 0 radical (unpaired) electrons. The topological polar surface area (TPSA) is 103 Å². The zero-order valence-electron chi connectivity index (χ0n) is 9.29. The zero-order chi connectivity index (χ0) is 12.5. The van der Waals surface area contributed by atoms with E-state index in [1.807, 2.05) is 18.2 Å². The van der Waals surface area contributed by atoms with Gasteiger partial charge in [-0.25, -0.2) is 4.79 Å². The lowest BCUT2D eigenvalue weighted by molar-refractivity contribution is 0.0848. The highest BCUT2D eigenvalue weighted by molar-refractivity contribution is 5.41. The Morgan fingerprint density at radius 2 is 2.06 bits per heavy atom. The second-order valence-corrected chi connectivity index (χ2v) is 3.76. The summed E-state index contributed by atoms with van der Waals surface area (Å²) in [7, 11) is 0. The Morgan fingerprint density at radius 3 is 2.83 bits per heavy atom. The smallest absolute Gasteiger partial charge is 0.349 e. The second kappa shape index (κ2) is 4.02. The second-order valence-electron chi connectivity index (χ2n) is 3.76. The molecule has 18 heavy (non-hydrogen) atoms. The predicted molar refractivity (Wildman–Crippen MR) is 62.4 cm³/mol. The first-order valence-corrected chi connectivity index (χ1v) is 5.34. The molecule has 3 N–H and O–H groups in total. The van der Waals surface area contributed by atoms with Crippen molar-refractivity contribution in [1.82, 2.24) is 15.0 Å². The molecule has 3 rings (SSSR count). The number of rotatable bonds is 1. The molecular weight excluding hydrogens is 236 g/mol. The van der Waals surface area contributed by atoms with E-state index in [-0.39, 0.29) is 12.6 Å². The third-order valence-electron chi connectivity index (χ3n) is 2.50. The van der Waals surface area contributed by atoms with Crippen LogP contribution in [0.3, 0.4) is 0 Å². The van der Waals surface area contributed by atoms with Gasteiger partial charge < -0.3 is 15.2 Å². The maximum absolute atomic E-state index is 11.2. The molecule has 1 unspecified atom stereocenters. The number of nitrogens with two attached hydrogens (primary N) is 1. The molecule has 2 heterocycles. The number of hydrogen-bond donors (Lipinski definition) is 2. The van der Waals surface area contributed by atoms with E-state index in [4.69, 9.17) is 15.2 Å². The van der Waals surface area contributed by atoms with Gasteiger partial charge in [0.25, 0.3) is 0 Å². The number of anilines is 1. The van der Waals surface area contributed by atoms with E-state index in [9.17, 15) is 4.79 Å². The molecule has 0 saturated heterocycles. The average molecular weight is 246 g/mol. The van der Waals surface area contributed by atoms with E-state index in [0.717, 1.165) is 0 Å². The standard InChI is InChI=1S/C11H10N4O3/c12-10-13-9(14-11(16)15-10)8-5-17-6-3-1-2-4-7(6)18-8/h1-4,8H,5H2,(H3,12,13,14,15,16). The summed E-state index contributed by atoms with van der Waals surface area (Å²) >= 11 is 0. The fourth-order valence-electron chi connectivity index (χ4n) is 1.72. The highest BCUT2D eigenvalue weighted by Gasteiger charge is 2.24. The van der Waals surface area contributed by atoms with E-state index < -0.39 is 11.8 Å². The van der Waals surface area contributed by atoms with Crippen LogP contribution in [0.4, 0.5) is 5.95 Å². The summed E-state index contributed by atoms with van der Waals surface area (Å²) < 4.78 is 11.2. The SMILES string of the molecule is Nc1nc(C2COc3ccccc3O2)[nH]c(=O)n1. The lowest BCUT2D eigenvalue weighted by Crippen LogP contribution is -2.27. The summed E-state index contributed by atoms with van der Waals surface area (Å²) in [5, 5.41) is 0. The van der Waals surface area contributed by atoms with Crippen molar-refractivity contribution in [2.75, 3.05) is 12.3 Å². The van der Waals surface area contributed by atoms with Crippen LogP contribution in [0.25, 0.3) is 0 Å². The number of aromatic nitrogens is 3. The first kappa shape index (κ1) is 10.6. The van der Waals surface area contributed by atoms with Gasteiger partial charge in [0.1, 0.15) is 6.61 Å². The summed E-state index contributed by atoms with van der Waals surface area (Å²) in [5.41, 5.74) is 4.87. The van der Waals surface area contributed by atoms with Crippen LogP contribution in [0.2, 0.25) is 0 Å². The van der Waals surface area contributed by atoms with Crippen molar-refractivity contribution in [3.8, 4) is 11.5 Å². The molecule has 7 nitrogen and oxygen atoms in total. The van der Waals surface area contributed by atoms with Crippen molar-refractivity contribution >= 4 is 5.95 Å². The number of hydrogen-bond acceptors (Lipinski definition) is 6. The first-order chi connectivity index (χ1) is 8.72. The number of nitrogens with one attached hydrogen (secondary N) is 1. The van der Waals surface area contributed by atoms with Gasteiger partial charge in [-0.05, 0) is 12.1 Å². The molecule has 1 aromatic carbocycles. The molecular formula is C11H10N4O3. The normalized spacial score (nSPS) is 17.4. The number of ether oxygens (including phenoxy) is 2. The maximum Gasteiger partial charge on any atom is 0.349 e. The molecule has 2 aromatic rings. The minimum atomic E-state index is -0.556. The minimum absolute atomic E-state index is 0.0868. The molecule has 1 aliphatic rings. The predicted octanol–water partition coefficient (Wildman–Crippen LogP) is 0.260. The van der Waals surface area contributed by atoms with Gasteiger partial charge in [-0.2, -0.15) is 9.97 Å². The number of para-hydroxylation sites is 2. The highest BCUT2D eigenvalue weighted by atomic mass is 16.6. The van der Waals surface area contributed by atoms with Crippen LogP contribution in [-0.2, 0) is 0 Å². The Hall–Kier alpha value is -2.57. The molecule has 0 bridgehead atoms. The number of nitrogen functional groups attached to an aromatic ring is 1. The molecule has 0 fully saturated rings. The van der Waals surface area contributed by atoms with Crippen LogP contribution in [0.1, 0.15) is 11.9 Å². The zero-order valence-corrected chi connectivity index (χ0v) is 9.29. The van der Waals surface area contributed by atoms with Crippen molar-refractivity contribution in [2.24, 2.45) is 0 Å². The first-order valence-electron chi connectivity index (χ1n) is 5.34. The number of H-pyrrole nitrogens is 1. The fraction of sp³-hybridized carbons (Fsp3) is 0.182. The van der Waals surface area contributed by atoms with Crippen molar-refractivity contribution in [2.45, 2.75) is 6.10 Å². The molecule has 1 atom stereocenters. The van der Waals surface area contributed by atoms with Crippen LogP contribution in [0.5, 0.6) is 11.5 Å². The maximum atomic E-state index is 11.2. The monoisotopic (exact) mass is 246 g/mol. The van der Waals surface area contributed by atoms with Crippen molar-refractivity contribution in [1.29, 1.82) is 0 Å². The molecule has 0 saturated carbocycles. The van der Waals surface area contributed by atoms with E-state index in [1.54, 1.807) is 6.07 Å². The summed E-state index contributed by atoms with van der Waals surface area (Å²) in [4.78, 5) is 21.1. The van der Waals surface area contributed by atoms with Crippen molar-refractivity contribution in [3.05, 3.63) is 40.6 Å². The van der Waals surface area contributed by atoms with Gasteiger partial charge in [0.05, 0.1) is 0 Å². The molecule has 0 spiro atoms. The average Bonchev–Trinajstić information content (AvgIpc) is 2.37. The van der Waals surface area contributed by atoms with Crippen molar-refractivity contribution in [3.63, 3.8) is 0 Å². The van der Waals surface area contributed by atoms with Gasteiger partial charge in [0.2, 0.25) is 5.95 Å². The van der Waals surface area contributed by atoms with E-state index >= 15 is 0 Å². The van der Waals surface area contributed by atoms with Crippen LogP contribution < -0.4 is 20.9 Å². The quantitative estimate of drug-likeness (QED) is 0.748. The van der Waals surface area contributed by atoms with Gasteiger partial charge in [0, 0.05) is 0 Å². The molecule has 1 aromatic heterocycles. The Morgan fingerprint density at radius 1 is 1.28 bits per heavy atom. The summed E-state index contributed by atoms with van der Waals surface area (Å²) in [5.74, 6) is 1.49. The summed E-state index contributed by atoms with van der Waals surface area (Å²) in [6.45, 7) is 0.253. The Kier molecular flexibility index (Phi) is 2.36. The Bertz CT molecular complexity index is 640. The largest absolute Gasteiger partial charge is 0.485 e. The lowest BCUT2D eigenvalue weighted by Gasteiger charge is -2.25. The molecule has 92 valence electrons. The lowest BCUT2D eigenvalue weighted by atomic mass is 10.2. The number of benzene rings is 1. The van der Waals surface area contributed by atoms with Gasteiger partial charge in [-0.1, -0.05) is 12.1 Å². The summed E-state index contributed by atoms with van der Waals surface area (Å²) in [6, 6.07) is 7.28. The third-order valence-corrected chi connectivity index (χ3v) is 2.50. The third kappa shape index (κ3) is 1.86. The molecule has 0 amide bonds. The molecule has 7 heteroatoms. The number of aromatic amines is 1. The number of nitrogens with zero attached hydrogens (tertiary/aromatic N) is 2. The van der Waals surface area contributed by atoms with Crippen LogP contribution in [0.15, 0.2) is 29.1 Å². The summed E-state index contributed by atoms with van der Waals surface area (Å²) in [6.07, 6.45) is -0.502. The highest BCUT2D eigenvalue weighted by Crippen LogP contribution is 2.34. The Balaban J connectivity index is 1.94. The fourth-order valence-corrected chi connectivity index (χ4v) is 1.72. The van der Waals surface area contributed by atoms with Crippen LogP contribution in [0, 0.1) is 0 Å². The van der Waals surface area contributed by atoms with Crippen molar-refractivity contribution < 1.29 is 9.47 Å². The number of fused-ring (bicyclic) bond motifs is 1. The molecule has 0 aliphatic carbocycles. The van der Waals surface area contributed by atoms with Gasteiger partial charge in [-0.15, -0.1) is 0 Å². The van der Waals surface area contributed by atoms with E-state index in [0.29, 0.717) is 17.3 Å². The van der Waals surface area contributed by atoms with Gasteiger partial charge >= 0.3 is 5.69 Å². The minimum Gasteiger partial charge on any atom is -0.485 e. The van der Waals surface area contributed by atoms with E-state index in [2.05, 4.69) is 15.0 Å². The van der Waals surface area contributed by atoms with Gasteiger partial charge in [-0.3, -0.25) is 4.98 Å². The van der Waals surface area contributed by atoms with E-state index in [1.165, 1.54) is 0 Å².